The first kappa shape index (κ1) is 9.12. The maximum Gasteiger partial charge on any atom is 0.107 e. The second-order valence-electron chi connectivity index (χ2n) is 3.54. The number of rotatable bonds is 2. The summed E-state index contributed by atoms with van der Waals surface area (Å²) in [5.74, 6) is 0. The van der Waals surface area contributed by atoms with Gasteiger partial charge in [-0.15, -0.1) is 11.3 Å². The quantitative estimate of drug-likeness (QED) is 0.771. The van der Waals surface area contributed by atoms with Crippen LogP contribution in [-0.4, -0.2) is 29.0 Å². The van der Waals surface area contributed by atoms with Crippen molar-refractivity contribution in [2.24, 2.45) is 5.73 Å². The number of piperidine rings is 1. The van der Waals surface area contributed by atoms with Gasteiger partial charge in [0.15, 0.2) is 0 Å². The molecule has 0 unspecified atom stereocenters. The van der Waals surface area contributed by atoms with Crippen LogP contribution in [0.25, 0.3) is 0 Å². The first-order valence-corrected chi connectivity index (χ1v) is 5.59. The lowest BCUT2D eigenvalue weighted by atomic mass is 10.1. The van der Waals surface area contributed by atoms with Crippen LogP contribution in [0.1, 0.15) is 17.8 Å². The molecule has 13 heavy (non-hydrogen) atoms. The number of thiazole rings is 1. The Morgan fingerprint density at radius 3 is 2.92 bits per heavy atom. The van der Waals surface area contributed by atoms with Crippen molar-refractivity contribution < 1.29 is 0 Å². The lowest BCUT2D eigenvalue weighted by Gasteiger charge is -2.29. The highest BCUT2D eigenvalue weighted by Crippen LogP contribution is 2.13. The van der Waals surface area contributed by atoms with Crippen molar-refractivity contribution in [3.8, 4) is 0 Å². The van der Waals surface area contributed by atoms with Crippen LogP contribution in [-0.2, 0) is 6.54 Å². The lowest BCUT2D eigenvalue weighted by Crippen LogP contribution is -2.39. The van der Waals surface area contributed by atoms with Gasteiger partial charge in [0.1, 0.15) is 5.01 Å². The summed E-state index contributed by atoms with van der Waals surface area (Å²) in [4.78, 5) is 6.71. The molecular formula is C9H15N3S. The maximum atomic E-state index is 5.83. The fourth-order valence-corrected chi connectivity index (χ4v) is 2.29. The molecule has 1 fully saturated rings. The second-order valence-corrected chi connectivity index (χ2v) is 4.52. The molecule has 3 nitrogen and oxygen atoms in total. The fourth-order valence-electron chi connectivity index (χ4n) is 1.63. The Balaban J connectivity index is 1.83. The molecule has 72 valence electrons. The minimum Gasteiger partial charge on any atom is -0.328 e. The number of hydrogen-bond donors (Lipinski definition) is 1. The number of nitrogens with zero attached hydrogens (tertiary/aromatic N) is 2. The SMILES string of the molecule is NC1CCN(Cc2nccs2)CC1. The van der Waals surface area contributed by atoms with E-state index in [1.165, 1.54) is 5.01 Å². The van der Waals surface area contributed by atoms with Gasteiger partial charge in [-0.25, -0.2) is 4.98 Å². The van der Waals surface area contributed by atoms with Crippen molar-refractivity contribution in [3.05, 3.63) is 16.6 Å². The Bertz CT molecular complexity index is 239. The van der Waals surface area contributed by atoms with Gasteiger partial charge in [-0.1, -0.05) is 0 Å². The summed E-state index contributed by atoms with van der Waals surface area (Å²) in [6.45, 7) is 3.26. The van der Waals surface area contributed by atoms with Crippen molar-refractivity contribution in [1.82, 2.24) is 9.88 Å². The van der Waals surface area contributed by atoms with E-state index >= 15 is 0 Å². The molecule has 0 aliphatic carbocycles. The van der Waals surface area contributed by atoms with Crippen molar-refractivity contribution in [2.45, 2.75) is 25.4 Å². The first-order valence-electron chi connectivity index (χ1n) is 4.71. The van der Waals surface area contributed by atoms with Crippen LogP contribution < -0.4 is 5.73 Å². The monoisotopic (exact) mass is 197 g/mol. The zero-order valence-electron chi connectivity index (χ0n) is 7.65. The third kappa shape index (κ3) is 2.49. The van der Waals surface area contributed by atoms with Crippen molar-refractivity contribution in [1.29, 1.82) is 0 Å². The van der Waals surface area contributed by atoms with E-state index < -0.39 is 0 Å². The molecule has 0 bridgehead atoms. The smallest absolute Gasteiger partial charge is 0.107 e. The molecule has 1 aromatic heterocycles. The maximum absolute atomic E-state index is 5.83. The Labute approximate surface area is 82.6 Å². The Hall–Kier alpha value is -0.450. The Morgan fingerprint density at radius 2 is 2.31 bits per heavy atom. The van der Waals surface area contributed by atoms with E-state index in [9.17, 15) is 0 Å². The molecule has 0 atom stereocenters. The van der Waals surface area contributed by atoms with E-state index in [2.05, 4.69) is 9.88 Å². The van der Waals surface area contributed by atoms with Crippen LogP contribution in [0.3, 0.4) is 0 Å². The Morgan fingerprint density at radius 1 is 1.54 bits per heavy atom. The van der Waals surface area contributed by atoms with Gasteiger partial charge in [-0.2, -0.15) is 0 Å². The molecule has 0 amide bonds. The summed E-state index contributed by atoms with van der Waals surface area (Å²) >= 11 is 1.73. The van der Waals surface area contributed by atoms with Gasteiger partial charge < -0.3 is 5.73 Å². The predicted molar refractivity (Wildman–Crippen MR) is 54.6 cm³/mol. The van der Waals surface area contributed by atoms with Crippen LogP contribution in [0.2, 0.25) is 0 Å². The van der Waals surface area contributed by atoms with Gasteiger partial charge in [-0.05, 0) is 12.8 Å². The molecule has 1 aliphatic heterocycles. The number of hydrogen-bond acceptors (Lipinski definition) is 4. The van der Waals surface area contributed by atoms with E-state index in [-0.39, 0.29) is 0 Å². The zero-order valence-corrected chi connectivity index (χ0v) is 8.46. The number of likely N-dealkylation sites (tertiary alicyclic amines) is 1. The second kappa shape index (κ2) is 4.17. The topological polar surface area (TPSA) is 42.1 Å². The van der Waals surface area contributed by atoms with Crippen LogP contribution in [0.4, 0.5) is 0 Å². The molecule has 1 aliphatic rings. The minimum atomic E-state index is 0.424. The average molecular weight is 197 g/mol. The van der Waals surface area contributed by atoms with Crippen LogP contribution in [0.15, 0.2) is 11.6 Å². The van der Waals surface area contributed by atoms with E-state index in [1.54, 1.807) is 11.3 Å². The summed E-state index contributed by atoms with van der Waals surface area (Å²) in [5.41, 5.74) is 5.83. The largest absolute Gasteiger partial charge is 0.328 e. The van der Waals surface area contributed by atoms with Crippen molar-refractivity contribution in [3.63, 3.8) is 0 Å². The van der Waals surface area contributed by atoms with Crippen LogP contribution in [0.5, 0.6) is 0 Å². The van der Waals surface area contributed by atoms with E-state index in [0.29, 0.717) is 6.04 Å². The molecular weight excluding hydrogens is 182 g/mol. The highest BCUT2D eigenvalue weighted by Gasteiger charge is 2.16. The highest BCUT2D eigenvalue weighted by atomic mass is 32.1. The van der Waals surface area contributed by atoms with Gasteiger partial charge in [-0.3, -0.25) is 4.90 Å². The van der Waals surface area contributed by atoms with Crippen molar-refractivity contribution in [2.75, 3.05) is 13.1 Å². The van der Waals surface area contributed by atoms with Gasteiger partial charge in [0.2, 0.25) is 0 Å². The molecule has 2 N–H and O–H groups in total. The number of nitrogens with two attached hydrogens (primary N) is 1. The molecule has 0 aromatic carbocycles. The first-order chi connectivity index (χ1) is 6.34. The van der Waals surface area contributed by atoms with Crippen LogP contribution >= 0.6 is 11.3 Å². The normalized spacial score (nSPS) is 20.7. The molecule has 0 saturated carbocycles. The summed E-state index contributed by atoms with van der Waals surface area (Å²) in [6, 6.07) is 0.424. The molecule has 1 aromatic rings. The van der Waals surface area contributed by atoms with E-state index in [0.717, 1.165) is 32.5 Å². The van der Waals surface area contributed by atoms with Gasteiger partial charge in [0, 0.05) is 30.7 Å². The predicted octanol–water partition coefficient (Wildman–Crippen LogP) is 1.07. The average Bonchev–Trinajstić information content (AvgIpc) is 2.62. The Kier molecular flexibility index (Phi) is 2.93. The van der Waals surface area contributed by atoms with Gasteiger partial charge >= 0.3 is 0 Å². The zero-order chi connectivity index (χ0) is 9.10. The lowest BCUT2D eigenvalue weighted by molar-refractivity contribution is 0.205. The standard InChI is InChI=1S/C9H15N3S/c10-8-1-4-12(5-2-8)7-9-11-3-6-13-9/h3,6,8H,1-2,4-5,7,10H2. The number of aromatic nitrogens is 1. The van der Waals surface area contributed by atoms with E-state index in [1.807, 2.05) is 11.6 Å². The summed E-state index contributed by atoms with van der Waals surface area (Å²) in [7, 11) is 0. The molecule has 4 heteroatoms. The summed E-state index contributed by atoms with van der Waals surface area (Å²) < 4.78 is 0. The molecule has 1 saturated heterocycles. The molecule has 0 radical (unpaired) electrons. The summed E-state index contributed by atoms with van der Waals surface area (Å²) in [5, 5.41) is 3.25. The third-order valence-corrected chi connectivity index (χ3v) is 3.24. The molecule has 2 rings (SSSR count). The third-order valence-electron chi connectivity index (χ3n) is 2.47. The molecule has 2 heterocycles. The van der Waals surface area contributed by atoms with Crippen LogP contribution in [0, 0.1) is 0 Å². The highest BCUT2D eigenvalue weighted by molar-refractivity contribution is 7.09. The van der Waals surface area contributed by atoms with Crippen molar-refractivity contribution >= 4 is 11.3 Å². The van der Waals surface area contributed by atoms with Gasteiger partial charge in [0.05, 0.1) is 6.54 Å². The van der Waals surface area contributed by atoms with E-state index in [4.69, 9.17) is 5.73 Å². The molecule has 0 spiro atoms. The summed E-state index contributed by atoms with van der Waals surface area (Å²) in [6.07, 6.45) is 4.13. The minimum absolute atomic E-state index is 0.424. The van der Waals surface area contributed by atoms with Gasteiger partial charge in [0.25, 0.3) is 0 Å². The fraction of sp³-hybridized carbons (Fsp3) is 0.667.